The maximum atomic E-state index is 13.6. The van der Waals surface area contributed by atoms with Gasteiger partial charge in [0.15, 0.2) is 0 Å². The second-order valence-corrected chi connectivity index (χ2v) is 10.7. The highest BCUT2D eigenvalue weighted by molar-refractivity contribution is 7.89. The molecule has 1 fully saturated rings. The minimum absolute atomic E-state index is 0.187. The fraction of sp³-hybridized carbons (Fsp3) is 0.296. The number of ether oxygens (including phenoxy) is 1. The van der Waals surface area contributed by atoms with Crippen LogP contribution in [0.2, 0.25) is 0 Å². The van der Waals surface area contributed by atoms with Crippen LogP contribution in [0.5, 0.6) is 0 Å². The Morgan fingerprint density at radius 1 is 0.970 bits per heavy atom. The minimum atomic E-state index is -3.64. The number of rotatable bonds is 6. The molecule has 0 radical (unpaired) electrons. The van der Waals surface area contributed by atoms with Gasteiger partial charge in [-0.1, -0.05) is 85.3 Å². The highest BCUT2D eigenvalue weighted by atomic mass is 32.2. The van der Waals surface area contributed by atoms with Crippen LogP contribution in [0, 0.1) is 12.8 Å². The molecule has 5 nitrogen and oxygen atoms in total. The SMILES string of the molecule is Cc1ccc(S(=O)(=O)N2CC[C@](C(=O)OCc3ccccc3)(c3ccccc3)[C@H](C)C2)cc1. The molecule has 3 aromatic carbocycles. The molecule has 0 spiro atoms. The third kappa shape index (κ3) is 4.59. The molecule has 6 heteroatoms. The van der Waals surface area contributed by atoms with Gasteiger partial charge in [0.2, 0.25) is 10.0 Å². The Kier molecular flexibility index (Phi) is 6.68. The van der Waals surface area contributed by atoms with E-state index in [4.69, 9.17) is 4.74 Å². The van der Waals surface area contributed by atoms with E-state index in [9.17, 15) is 13.2 Å². The summed E-state index contributed by atoms with van der Waals surface area (Å²) in [6.07, 6.45) is 0.358. The zero-order valence-corrected chi connectivity index (χ0v) is 19.8. The molecule has 0 N–H and O–H groups in total. The number of hydrogen-bond acceptors (Lipinski definition) is 4. The summed E-state index contributed by atoms with van der Waals surface area (Å²) in [7, 11) is -3.64. The van der Waals surface area contributed by atoms with E-state index in [1.807, 2.05) is 74.5 Å². The first-order chi connectivity index (χ1) is 15.8. The summed E-state index contributed by atoms with van der Waals surface area (Å²) in [5.74, 6) is -0.574. The van der Waals surface area contributed by atoms with Gasteiger partial charge in [0.1, 0.15) is 6.61 Å². The van der Waals surface area contributed by atoms with Gasteiger partial charge in [-0.15, -0.1) is 0 Å². The fourth-order valence-corrected chi connectivity index (χ4v) is 6.14. The smallest absolute Gasteiger partial charge is 0.317 e. The fourth-order valence-electron chi connectivity index (χ4n) is 4.62. The van der Waals surface area contributed by atoms with Crippen LogP contribution >= 0.6 is 0 Å². The molecule has 33 heavy (non-hydrogen) atoms. The number of carbonyl (C=O) groups is 1. The number of aryl methyl sites for hydroxylation is 1. The largest absolute Gasteiger partial charge is 0.460 e. The number of sulfonamides is 1. The Hall–Kier alpha value is -2.96. The number of esters is 1. The molecular formula is C27H29NO4S. The standard InChI is InChI=1S/C27H29NO4S/c1-21-13-15-25(16-14-21)33(30,31)28-18-17-27(22(2)19-28,24-11-7-4-8-12-24)26(29)32-20-23-9-5-3-6-10-23/h3-16,22H,17-20H2,1-2H3/t22-,27-/m1/s1. The second-order valence-electron chi connectivity index (χ2n) is 8.73. The Balaban J connectivity index is 1.61. The van der Waals surface area contributed by atoms with Crippen molar-refractivity contribution in [3.8, 4) is 0 Å². The van der Waals surface area contributed by atoms with Crippen LogP contribution in [0.3, 0.4) is 0 Å². The highest BCUT2D eigenvalue weighted by Gasteiger charge is 2.51. The Bertz CT molecular complexity index is 1190. The third-order valence-corrected chi connectivity index (χ3v) is 8.48. The molecule has 1 heterocycles. The van der Waals surface area contributed by atoms with Gasteiger partial charge in [0.25, 0.3) is 0 Å². The normalized spacial score (nSPS) is 21.5. The molecule has 1 aliphatic heterocycles. The summed E-state index contributed by atoms with van der Waals surface area (Å²) in [4.78, 5) is 13.9. The molecule has 2 atom stereocenters. The van der Waals surface area contributed by atoms with Gasteiger partial charge in [0.05, 0.1) is 10.3 Å². The molecule has 0 aromatic heterocycles. The van der Waals surface area contributed by atoms with Crippen LogP contribution in [0.15, 0.2) is 89.8 Å². The first-order valence-corrected chi connectivity index (χ1v) is 12.6. The molecule has 4 rings (SSSR count). The number of piperidine rings is 1. The van der Waals surface area contributed by atoms with E-state index in [2.05, 4.69) is 0 Å². The van der Waals surface area contributed by atoms with Gasteiger partial charge < -0.3 is 4.74 Å². The van der Waals surface area contributed by atoms with Gasteiger partial charge in [0, 0.05) is 13.1 Å². The van der Waals surface area contributed by atoms with Crippen LogP contribution in [0.4, 0.5) is 0 Å². The van der Waals surface area contributed by atoms with Crippen LogP contribution in [0.1, 0.15) is 30.0 Å². The summed E-state index contributed by atoms with van der Waals surface area (Å²) in [5, 5.41) is 0. The second kappa shape index (κ2) is 9.49. The molecule has 1 saturated heterocycles. The maximum Gasteiger partial charge on any atom is 0.317 e. The predicted octanol–water partition coefficient (Wildman–Crippen LogP) is 4.71. The van der Waals surface area contributed by atoms with Crippen molar-refractivity contribution < 1.29 is 17.9 Å². The summed E-state index contributed by atoms with van der Waals surface area (Å²) in [5.41, 5.74) is 1.88. The molecule has 0 bridgehead atoms. The van der Waals surface area contributed by atoms with Gasteiger partial charge >= 0.3 is 5.97 Å². The van der Waals surface area contributed by atoms with Crippen molar-refractivity contribution in [3.05, 3.63) is 102 Å². The van der Waals surface area contributed by atoms with Crippen molar-refractivity contribution in [1.29, 1.82) is 0 Å². The number of benzene rings is 3. The van der Waals surface area contributed by atoms with Gasteiger partial charge in [-0.3, -0.25) is 4.79 Å². The third-order valence-electron chi connectivity index (χ3n) is 6.60. The van der Waals surface area contributed by atoms with E-state index in [1.165, 1.54) is 4.31 Å². The van der Waals surface area contributed by atoms with Crippen molar-refractivity contribution in [1.82, 2.24) is 4.31 Å². The zero-order chi connectivity index (χ0) is 23.5. The van der Waals surface area contributed by atoms with E-state index >= 15 is 0 Å². The molecule has 1 aliphatic rings. The Morgan fingerprint density at radius 2 is 1.58 bits per heavy atom. The number of hydrogen-bond donors (Lipinski definition) is 0. The molecule has 0 amide bonds. The average Bonchev–Trinajstić information content (AvgIpc) is 2.84. The molecular weight excluding hydrogens is 434 g/mol. The van der Waals surface area contributed by atoms with Gasteiger partial charge in [-0.25, -0.2) is 8.42 Å². The van der Waals surface area contributed by atoms with E-state index in [1.54, 1.807) is 24.3 Å². The first-order valence-electron chi connectivity index (χ1n) is 11.2. The molecule has 0 aliphatic carbocycles. The van der Waals surface area contributed by atoms with Crippen LogP contribution in [-0.2, 0) is 31.6 Å². The van der Waals surface area contributed by atoms with Crippen molar-refractivity contribution in [3.63, 3.8) is 0 Å². The summed E-state index contributed by atoms with van der Waals surface area (Å²) in [6, 6.07) is 26.1. The lowest BCUT2D eigenvalue weighted by Gasteiger charge is -2.44. The lowest BCUT2D eigenvalue weighted by molar-refractivity contribution is -0.156. The monoisotopic (exact) mass is 463 g/mol. The van der Waals surface area contributed by atoms with Crippen molar-refractivity contribution in [2.24, 2.45) is 5.92 Å². The maximum absolute atomic E-state index is 13.6. The molecule has 0 saturated carbocycles. The van der Waals surface area contributed by atoms with Crippen LogP contribution in [-0.4, -0.2) is 31.8 Å². The zero-order valence-electron chi connectivity index (χ0n) is 19.0. The van der Waals surface area contributed by atoms with Crippen LogP contribution in [0.25, 0.3) is 0 Å². The van der Waals surface area contributed by atoms with E-state index in [-0.39, 0.29) is 36.5 Å². The average molecular weight is 464 g/mol. The first kappa shape index (κ1) is 23.2. The highest BCUT2D eigenvalue weighted by Crippen LogP contribution is 2.42. The quantitative estimate of drug-likeness (QED) is 0.497. The van der Waals surface area contributed by atoms with Crippen molar-refractivity contribution >= 4 is 16.0 Å². The summed E-state index contributed by atoms with van der Waals surface area (Å²) < 4.78 is 33.9. The lowest BCUT2D eigenvalue weighted by atomic mass is 9.67. The number of nitrogens with zero attached hydrogens (tertiary/aromatic N) is 1. The number of carbonyl (C=O) groups excluding carboxylic acids is 1. The van der Waals surface area contributed by atoms with Gasteiger partial charge in [-0.2, -0.15) is 4.31 Å². The predicted molar refractivity (Wildman–Crippen MR) is 128 cm³/mol. The Morgan fingerprint density at radius 3 is 2.18 bits per heavy atom. The summed E-state index contributed by atoms with van der Waals surface area (Å²) >= 11 is 0. The van der Waals surface area contributed by atoms with Crippen LogP contribution < -0.4 is 0 Å². The Labute approximate surface area is 196 Å². The lowest BCUT2D eigenvalue weighted by Crippen LogP contribution is -2.55. The molecule has 0 unspecified atom stereocenters. The van der Waals surface area contributed by atoms with Crippen molar-refractivity contribution in [2.75, 3.05) is 13.1 Å². The topological polar surface area (TPSA) is 63.7 Å². The van der Waals surface area contributed by atoms with Gasteiger partial charge in [-0.05, 0) is 42.5 Å². The van der Waals surface area contributed by atoms with E-state index < -0.39 is 15.4 Å². The van der Waals surface area contributed by atoms with Crippen molar-refractivity contribution in [2.45, 2.75) is 37.2 Å². The summed E-state index contributed by atoms with van der Waals surface area (Å²) in [6.45, 7) is 4.54. The molecule has 3 aromatic rings. The van der Waals surface area contributed by atoms with E-state index in [0.29, 0.717) is 6.42 Å². The molecule has 172 valence electrons. The minimum Gasteiger partial charge on any atom is -0.460 e. The van der Waals surface area contributed by atoms with E-state index in [0.717, 1.165) is 16.7 Å².